The summed E-state index contributed by atoms with van der Waals surface area (Å²) in [7, 11) is -3.16. The van der Waals surface area contributed by atoms with Crippen molar-refractivity contribution in [1.82, 2.24) is 9.97 Å². The number of nitrogen functional groups attached to an aromatic ring is 1. The van der Waals surface area contributed by atoms with Crippen LogP contribution in [0.4, 0.5) is 5.95 Å². The third kappa shape index (κ3) is 4.75. The number of hydrogen-bond acceptors (Lipinski definition) is 5. The lowest BCUT2D eigenvalue weighted by Crippen LogP contribution is -2.03. The molecule has 0 aliphatic carbocycles. The van der Waals surface area contributed by atoms with Gasteiger partial charge in [-0.2, -0.15) is 0 Å². The van der Waals surface area contributed by atoms with Crippen LogP contribution in [-0.2, 0) is 22.7 Å². The fourth-order valence-electron chi connectivity index (χ4n) is 3.19. The molecule has 0 bridgehead atoms. The van der Waals surface area contributed by atoms with Gasteiger partial charge in [0.05, 0.1) is 10.6 Å². The van der Waals surface area contributed by atoms with Gasteiger partial charge in [0.1, 0.15) is 0 Å². The van der Waals surface area contributed by atoms with Crippen molar-refractivity contribution in [2.75, 3.05) is 12.0 Å². The average molecular weight is 396 g/mol. The number of anilines is 1. The molecule has 5 nitrogen and oxygen atoms in total. The van der Waals surface area contributed by atoms with Crippen molar-refractivity contribution in [1.29, 1.82) is 0 Å². The quantitative estimate of drug-likeness (QED) is 0.684. The molecule has 1 aromatic heterocycles. The lowest BCUT2D eigenvalue weighted by atomic mass is 10.00. The highest BCUT2D eigenvalue weighted by Gasteiger charge is 2.09. The predicted molar refractivity (Wildman–Crippen MR) is 113 cm³/mol. The van der Waals surface area contributed by atoms with Gasteiger partial charge in [0.15, 0.2) is 9.84 Å². The van der Waals surface area contributed by atoms with E-state index in [0.717, 1.165) is 41.8 Å². The zero-order valence-electron chi connectivity index (χ0n) is 16.4. The van der Waals surface area contributed by atoms with Gasteiger partial charge >= 0.3 is 0 Å². The Morgan fingerprint density at radius 3 is 2.36 bits per heavy atom. The van der Waals surface area contributed by atoms with Gasteiger partial charge in [-0.25, -0.2) is 18.4 Å². The van der Waals surface area contributed by atoms with Crippen molar-refractivity contribution in [3.8, 4) is 11.3 Å². The van der Waals surface area contributed by atoms with Gasteiger partial charge in [-0.1, -0.05) is 30.3 Å². The molecule has 0 atom stereocenters. The van der Waals surface area contributed by atoms with Crippen LogP contribution in [0, 0.1) is 13.8 Å². The summed E-state index contributed by atoms with van der Waals surface area (Å²) in [5.41, 5.74) is 12.3. The largest absolute Gasteiger partial charge is 0.368 e. The Labute approximate surface area is 166 Å². The summed E-state index contributed by atoms with van der Waals surface area (Å²) in [4.78, 5) is 9.14. The second-order valence-corrected chi connectivity index (χ2v) is 9.14. The molecule has 0 aliphatic heterocycles. The Hall–Kier alpha value is -2.73. The first-order chi connectivity index (χ1) is 13.2. The number of aromatic nitrogens is 2. The lowest BCUT2D eigenvalue weighted by molar-refractivity contribution is 0.602. The Morgan fingerprint density at radius 1 is 0.964 bits per heavy atom. The molecule has 1 heterocycles. The van der Waals surface area contributed by atoms with Crippen molar-refractivity contribution >= 4 is 15.8 Å². The first-order valence-corrected chi connectivity index (χ1v) is 11.1. The Balaban J connectivity index is 1.71. The molecule has 2 aromatic carbocycles. The summed E-state index contributed by atoms with van der Waals surface area (Å²) in [6.07, 6.45) is 3.72. The van der Waals surface area contributed by atoms with Gasteiger partial charge in [-0.15, -0.1) is 0 Å². The maximum absolute atomic E-state index is 11.5. The van der Waals surface area contributed by atoms with Crippen LogP contribution in [0.3, 0.4) is 0 Å². The summed E-state index contributed by atoms with van der Waals surface area (Å²) in [6, 6.07) is 15.2. The molecular weight excluding hydrogens is 370 g/mol. The maximum atomic E-state index is 11.5. The van der Waals surface area contributed by atoms with E-state index in [2.05, 4.69) is 35.9 Å². The van der Waals surface area contributed by atoms with Crippen LogP contribution in [0.5, 0.6) is 0 Å². The highest BCUT2D eigenvalue weighted by Crippen LogP contribution is 2.25. The molecular formula is C22H25N3O2S. The monoisotopic (exact) mass is 395 g/mol. The normalized spacial score (nSPS) is 11.5. The summed E-state index contributed by atoms with van der Waals surface area (Å²) < 4.78 is 23.1. The SMILES string of the molecule is Cc1cccc(-c2cc(CCCc3ccc(S(C)(=O)=O)cc3)nc(N)n2)c1C. The molecule has 0 fully saturated rings. The topological polar surface area (TPSA) is 85.9 Å². The minimum atomic E-state index is -3.16. The van der Waals surface area contributed by atoms with Gasteiger partial charge in [-0.3, -0.25) is 0 Å². The van der Waals surface area contributed by atoms with E-state index in [0.29, 0.717) is 4.90 Å². The lowest BCUT2D eigenvalue weighted by Gasteiger charge is -2.10. The average Bonchev–Trinajstić information content (AvgIpc) is 2.63. The van der Waals surface area contributed by atoms with Crippen molar-refractivity contribution in [3.63, 3.8) is 0 Å². The first-order valence-electron chi connectivity index (χ1n) is 9.23. The Bertz CT molecular complexity index is 1090. The van der Waals surface area contributed by atoms with Gasteiger partial charge < -0.3 is 5.73 Å². The number of aryl methyl sites for hydroxylation is 3. The zero-order valence-corrected chi connectivity index (χ0v) is 17.3. The van der Waals surface area contributed by atoms with E-state index in [1.165, 1.54) is 17.4 Å². The van der Waals surface area contributed by atoms with E-state index in [9.17, 15) is 8.42 Å². The molecule has 0 amide bonds. The van der Waals surface area contributed by atoms with Crippen molar-refractivity contribution < 1.29 is 8.42 Å². The minimum absolute atomic E-state index is 0.283. The first kappa shape index (κ1) is 20.0. The van der Waals surface area contributed by atoms with E-state index in [1.54, 1.807) is 12.1 Å². The number of benzene rings is 2. The van der Waals surface area contributed by atoms with E-state index in [1.807, 2.05) is 24.3 Å². The van der Waals surface area contributed by atoms with Crippen LogP contribution in [0.1, 0.15) is 28.8 Å². The number of nitrogens with two attached hydrogens (primary N) is 1. The van der Waals surface area contributed by atoms with Crippen LogP contribution in [0.15, 0.2) is 53.4 Å². The highest BCUT2D eigenvalue weighted by molar-refractivity contribution is 7.90. The van der Waals surface area contributed by atoms with Crippen LogP contribution < -0.4 is 5.73 Å². The number of hydrogen-bond donors (Lipinski definition) is 1. The third-order valence-electron chi connectivity index (χ3n) is 4.93. The van der Waals surface area contributed by atoms with Crippen molar-refractivity contribution in [3.05, 3.63) is 70.9 Å². The highest BCUT2D eigenvalue weighted by atomic mass is 32.2. The summed E-state index contributed by atoms with van der Waals surface area (Å²) >= 11 is 0. The van der Waals surface area contributed by atoms with Gasteiger partial charge in [-0.05, 0) is 68.0 Å². The number of rotatable bonds is 6. The smallest absolute Gasteiger partial charge is 0.220 e. The molecule has 0 spiro atoms. The number of sulfone groups is 1. The van der Waals surface area contributed by atoms with Crippen LogP contribution in [0.25, 0.3) is 11.3 Å². The van der Waals surface area contributed by atoms with Gasteiger partial charge in [0, 0.05) is 17.5 Å². The summed E-state index contributed by atoms with van der Waals surface area (Å²) in [5, 5.41) is 0. The third-order valence-corrected chi connectivity index (χ3v) is 6.06. The molecule has 3 aromatic rings. The second-order valence-electron chi connectivity index (χ2n) is 7.12. The molecule has 3 rings (SSSR count). The standard InChI is InChI=1S/C22H25N3O2S/c1-15-6-4-9-20(16(15)2)21-14-18(24-22(23)25-21)8-5-7-17-10-12-19(13-11-17)28(3,26)27/h4,6,9-14H,5,7-8H2,1-3H3,(H2,23,24,25). The maximum Gasteiger partial charge on any atom is 0.220 e. The van der Waals surface area contributed by atoms with E-state index >= 15 is 0 Å². The molecule has 0 unspecified atom stereocenters. The predicted octanol–water partition coefficient (Wildman–Crippen LogP) is 3.92. The minimum Gasteiger partial charge on any atom is -0.368 e. The molecule has 146 valence electrons. The van der Waals surface area contributed by atoms with Gasteiger partial charge in [0.25, 0.3) is 0 Å². The fourth-order valence-corrected chi connectivity index (χ4v) is 3.82. The van der Waals surface area contributed by atoms with E-state index < -0.39 is 9.84 Å². The summed E-state index contributed by atoms with van der Waals surface area (Å²) in [6.45, 7) is 4.17. The van der Waals surface area contributed by atoms with Crippen LogP contribution >= 0.6 is 0 Å². The molecule has 28 heavy (non-hydrogen) atoms. The summed E-state index contributed by atoms with van der Waals surface area (Å²) in [5.74, 6) is 0.283. The molecule has 0 aliphatic rings. The molecule has 2 N–H and O–H groups in total. The molecule has 6 heteroatoms. The van der Waals surface area contributed by atoms with E-state index in [4.69, 9.17) is 5.73 Å². The van der Waals surface area contributed by atoms with Crippen LogP contribution in [0.2, 0.25) is 0 Å². The molecule has 0 radical (unpaired) electrons. The van der Waals surface area contributed by atoms with E-state index in [-0.39, 0.29) is 5.95 Å². The zero-order chi connectivity index (χ0) is 20.3. The van der Waals surface area contributed by atoms with Crippen molar-refractivity contribution in [2.24, 2.45) is 0 Å². The number of nitrogens with zero attached hydrogens (tertiary/aromatic N) is 2. The van der Waals surface area contributed by atoms with Crippen molar-refractivity contribution in [2.45, 2.75) is 38.0 Å². The Morgan fingerprint density at radius 2 is 1.68 bits per heavy atom. The van der Waals surface area contributed by atoms with Gasteiger partial charge in [0.2, 0.25) is 5.95 Å². The second kappa shape index (κ2) is 8.10. The molecule has 0 saturated carbocycles. The fraction of sp³-hybridized carbons (Fsp3) is 0.273. The van der Waals surface area contributed by atoms with Crippen LogP contribution in [-0.4, -0.2) is 24.6 Å². The Kier molecular flexibility index (Phi) is 5.79. The molecule has 0 saturated heterocycles.